The van der Waals surface area contributed by atoms with Crippen molar-refractivity contribution in [2.75, 3.05) is 0 Å². The number of hydrogen-bond donors (Lipinski definition) is 0. The van der Waals surface area contributed by atoms with Gasteiger partial charge >= 0.3 is 0 Å². The van der Waals surface area contributed by atoms with Gasteiger partial charge in [-0.1, -0.05) is 44.0 Å². The van der Waals surface area contributed by atoms with E-state index in [4.69, 9.17) is 0 Å². The molecule has 1 aliphatic rings. The molecule has 0 fully saturated rings. The Labute approximate surface area is 142 Å². The Morgan fingerprint density at radius 3 is 2.75 bits per heavy atom. The van der Waals surface area contributed by atoms with Crippen LogP contribution in [0.15, 0.2) is 24.3 Å². The number of carbonyl (C=O) groups excluding carboxylic acids is 1. The molecular weight excluding hydrogens is 300 g/mol. The van der Waals surface area contributed by atoms with Crippen molar-refractivity contribution in [1.82, 2.24) is 14.8 Å². The van der Waals surface area contributed by atoms with Crippen molar-refractivity contribution in [1.29, 1.82) is 5.26 Å². The second-order valence-electron chi connectivity index (χ2n) is 6.31. The minimum atomic E-state index is -0.888. The van der Waals surface area contributed by atoms with Crippen molar-refractivity contribution in [3.8, 4) is 6.07 Å². The average Bonchev–Trinajstić information content (AvgIpc) is 2.85. The maximum Gasteiger partial charge on any atom is 0.187 e. The molecule has 24 heavy (non-hydrogen) atoms. The molecule has 0 aliphatic carbocycles. The molecule has 0 amide bonds. The third-order valence-corrected chi connectivity index (χ3v) is 4.56. The standard InChI is InChI=1S/C19H22N4O/c1-2-6-14-8-10-15(11-9-14)18(24)16(13-20)19-22-21-17-7-4-3-5-12-23(17)19/h8-11,16H,2-7,12H2,1H3. The number of aromatic nitrogens is 3. The highest BCUT2D eigenvalue weighted by Gasteiger charge is 2.29. The van der Waals surface area contributed by atoms with Gasteiger partial charge in [0.05, 0.1) is 6.07 Å². The number of benzene rings is 1. The molecule has 124 valence electrons. The van der Waals surface area contributed by atoms with Gasteiger partial charge in [0, 0.05) is 18.5 Å². The zero-order valence-electron chi connectivity index (χ0n) is 14.0. The lowest BCUT2D eigenvalue weighted by atomic mass is 9.96. The molecule has 2 aromatic rings. The molecule has 0 saturated carbocycles. The lowest BCUT2D eigenvalue weighted by molar-refractivity contribution is 0.0974. The van der Waals surface area contributed by atoms with Crippen molar-refractivity contribution in [3.63, 3.8) is 0 Å². The second-order valence-corrected chi connectivity index (χ2v) is 6.31. The van der Waals surface area contributed by atoms with Crippen LogP contribution in [0, 0.1) is 11.3 Å². The molecule has 0 spiro atoms. The Balaban J connectivity index is 1.87. The Hall–Kier alpha value is -2.48. The minimum absolute atomic E-state index is 0.194. The molecule has 0 bridgehead atoms. The lowest BCUT2D eigenvalue weighted by Gasteiger charge is -2.11. The van der Waals surface area contributed by atoms with Crippen LogP contribution in [-0.2, 0) is 19.4 Å². The maximum atomic E-state index is 12.8. The SMILES string of the molecule is CCCc1ccc(C(=O)C(C#N)c2nnc3n2CCCCC3)cc1. The van der Waals surface area contributed by atoms with E-state index in [-0.39, 0.29) is 5.78 Å². The summed E-state index contributed by atoms with van der Waals surface area (Å²) < 4.78 is 1.98. The molecule has 1 aromatic carbocycles. The third-order valence-electron chi connectivity index (χ3n) is 4.56. The number of rotatable bonds is 5. The van der Waals surface area contributed by atoms with Crippen LogP contribution in [-0.4, -0.2) is 20.5 Å². The molecule has 2 heterocycles. The molecular formula is C19H22N4O. The van der Waals surface area contributed by atoms with Gasteiger partial charge in [-0.2, -0.15) is 5.26 Å². The Kier molecular flexibility index (Phi) is 5.05. The highest BCUT2D eigenvalue weighted by Crippen LogP contribution is 2.23. The summed E-state index contributed by atoms with van der Waals surface area (Å²) in [5, 5.41) is 18.0. The summed E-state index contributed by atoms with van der Waals surface area (Å²) in [4.78, 5) is 12.8. The molecule has 0 radical (unpaired) electrons. The highest BCUT2D eigenvalue weighted by atomic mass is 16.1. The summed E-state index contributed by atoms with van der Waals surface area (Å²) in [5.74, 6) is 0.312. The molecule has 5 nitrogen and oxygen atoms in total. The van der Waals surface area contributed by atoms with Crippen LogP contribution in [0.5, 0.6) is 0 Å². The van der Waals surface area contributed by atoms with Crippen LogP contribution in [0.25, 0.3) is 0 Å². The maximum absolute atomic E-state index is 12.8. The van der Waals surface area contributed by atoms with Crippen LogP contribution in [0.1, 0.15) is 66.1 Å². The first-order chi connectivity index (χ1) is 11.7. The molecule has 3 rings (SSSR count). The fraction of sp³-hybridized carbons (Fsp3) is 0.474. The van der Waals surface area contributed by atoms with Gasteiger partial charge in [0.25, 0.3) is 0 Å². The summed E-state index contributed by atoms with van der Waals surface area (Å²) in [6, 6.07) is 9.71. The molecule has 1 aromatic heterocycles. The van der Waals surface area contributed by atoms with E-state index in [0.717, 1.165) is 50.9 Å². The Bertz CT molecular complexity index is 755. The highest BCUT2D eigenvalue weighted by molar-refractivity contribution is 6.02. The van der Waals surface area contributed by atoms with E-state index in [9.17, 15) is 10.1 Å². The summed E-state index contributed by atoms with van der Waals surface area (Å²) in [6.45, 7) is 2.92. The second kappa shape index (κ2) is 7.39. The largest absolute Gasteiger partial charge is 0.313 e. The molecule has 1 atom stereocenters. The van der Waals surface area contributed by atoms with Gasteiger partial charge in [0.2, 0.25) is 0 Å². The molecule has 0 saturated heterocycles. The number of ketones is 1. The van der Waals surface area contributed by atoms with Crippen LogP contribution < -0.4 is 0 Å². The normalized spacial score (nSPS) is 15.2. The minimum Gasteiger partial charge on any atom is -0.313 e. The summed E-state index contributed by atoms with van der Waals surface area (Å²) in [6.07, 6.45) is 6.20. The van der Waals surface area contributed by atoms with E-state index < -0.39 is 5.92 Å². The van der Waals surface area contributed by atoms with Gasteiger partial charge in [-0.05, 0) is 24.8 Å². The van der Waals surface area contributed by atoms with E-state index in [0.29, 0.717) is 11.4 Å². The fourth-order valence-electron chi connectivity index (χ4n) is 3.25. The van der Waals surface area contributed by atoms with Gasteiger partial charge < -0.3 is 4.57 Å². The smallest absolute Gasteiger partial charge is 0.187 e. The van der Waals surface area contributed by atoms with Crippen molar-refractivity contribution in [3.05, 3.63) is 47.0 Å². The van der Waals surface area contributed by atoms with Crippen LogP contribution in [0.4, 0.5) is 0 Å². The van der Waals surface area contributed by atoms with E-state index >= 15 is 0 Å². The average molecular weight is 322 g/mol. The van der Waals surface area contributed by atoms with E-state index in [1.165, 1.54) is 5.56 Å². The summed E-state index contributed by atoms with van der Waals surface area (Å²) >= 11 is 0. The van der Waals surface area contributed by atoms with Crippen LogP contribution >= 0.6 is 0 Å². The van der Waals surface area contributed by atoms with Crippen LogP contribution in [0.2, 0.25) is 0 Å². The Morgan fingerprint density at radius 1 is 1.25 bits per heavy atom. The third kappa shape index (κ3) is 3.23. The van der Waals surface area contributed by atoms with Gasteiger partial charge in [0.15, 0.2) is 17.5 Å². The number of nitriles is 1. The van der Waals surface area contributed by atoms with Crippen molar-refractivity contribution < 1.29 is 4.79 Å². The van der Waals surface area contributed by atoms with Gasteiger partial charge in [-0.3, -0.25) is 4.79 Å². The topological polar surface area (TPSA) is 71.6 Å². The van der Waals surface area contributed by atoms with Crippen molar-refractivity contribution in [2.45, 2.75) is 57.9 Å². The van der Waals surface area contributed by atoms with Crippen LogP contribution in [0.3, 0.4) is 0 Å². The molecule has 0 N–H and O–H groups in total. The predicted octanol–water partition coefficient (Wildman–Crippen LogP) is 3.45. The first-order valence-corrected chi connectivity index (χ1v) is 8.69. The first-order valence-electron chi connectivity index (χ1n) is 8.69. The summed E-state index contributed by atoms with van der Waals surface area (Å²) in [7, 11) is 0. The number of carbonyl (C=O) groups is 1. The zero-order valence-corrected chi connectivity index (χ0v) is 14.0. The van der Waals surface area contributed by atoms with Gasteiger partial charge in [-0.25, -0.2) is 0 Å². The van der Waals surface area contributed by atoms with E-state index in [1.807, 2.05) is 28.8 Å². The number of aryl methyl sites for hydroxylation is 2. The lowest BCUT2D eigenvalue weighted by Crippen LogP contribution is -2.17. The number of Topliss-reactive ketones (excluding diaryl/α,β-unsaturated/α-hetero) is 1. The van der Waals surface area contributed by atoms with Gasteiger partial charge in [0.1, 0.15) is 5.82 Å². The zero-order chi connectivity index (χ0) is 16.9. The number of nitrogens with zero attached hydrogens (tertiary/aromatic N) is 4. The fourth-order valence-corrected chi connectivity index (χ4v) is 3.25. The monoisotopic (exact) mass is 322 g/mol. The first kappa shape index (κ1) is 16.4. The van der Waals surface area contributed by atoms with Gasteiger partial charge in [-0.15, -0.1) is 10.2 Å². The van der Waals surface area contributed by atoms with Crippen molar-refractivity contribution >= 4 is 5.78 Å². The molecule has 1 aliphatic heterocycles. The predicted molar refractivity (Wildman–Crippen MR) is 90.7 cm³/mol. The number of hydrogen-bond acceptors (Lipinski definition) is 4. The van der Waals surface area contributed by atoms with E-state index in [1.54, 1.807) is 0 Å². The Morgan fingerprint density at radius 2 is 2.04 bits per heavy atom. The van der Waals surface area contributed by atoms with Crippen molar-refractivity contribution in [2.24, 2.45) is 0 Å². The quantitative estimate of drug-likeness (QED) is 0.790. The summed E-state index contributed by atoms with van der Waals surface area (Å²) in [5.41, 5.74) is 1.77. The molecule has 1 unspecified atom stereocenters. The number of fused-ring (bicyclic) bond motifs is 1. The van der Waals surface area contributed by atoms with E-state index in [2.05, 4.69) is 23.2 Å². The molecule has 5 heteroatoms.